The Hall–Kier alpha value is -2.23. The number of rotatable bonds is 33. The minimum absolute atomic E-state index is 0.145. The number of nitrogens with zero attached hydrogens (tertiary/aromatic N) is 1. The van der Waals surface area contributed by atoms with Gasteiger partial charge in [-0.2, -0.15) is 0 Å². The third kappa shape index (κ3) is 32.1. The van der Waals surface area contributed by atoms with E-state index in [0.717, 1.165) is 83.5 Å². The van der Waals surface area contributed by atoms with Gasteiger partial charge in [0.25, 0.3) is 0 Å². The molecule has 0 radical (unpaired) electrons. The van der Waals surface area contributed by atoms with Crippen LogP contribution in [-0.2, 0) is 33.3 Å². The third-order valence-electron chi connectivity index (χ3n) is 7.67. The fourth-order valence-electron chi connectivity index (χ4n) is 4.67. The summed E-state index contributed by atoms with van der Waals surface area (Å²) >= 11 is 0. The lowest BCUT2D eigenvalue weighted by Gasteiger charge is -2.26. The van der Waals surface area contributed by atoms with Gasteiger partial charge in [-0.15, -0.1) is 0 Å². The van der Waals surface area contributed by atoms with E-state index in [9.17, 15) is 19.5 Å². The molecule has 0 bridgehead atoms. The number of aliphatic carboxylic acids is 1. The zero-order valence-electron chi connectivity index (χ0n) is 30.6. The van der Waals surface area contributed by atoms with Gasteiger partial charge >= 0.3 is 11.9 Å². The molecule has 9 heteroatoms. The lowest BCUT2D eigenvalue weighted by Crippen LogP contribution is -2.44. The van der Waals surface area contributed by atoms with E-state index in [1.807, 2.05) is 21.1 Å². The second-order valence-corrected chi connectivity index (χ2v) is 13.5. The Bertz CT molecular complexity index is 836. The summed E-state index contributed by atoms with van der Waals surface area (Å²) in [6.45, 7) is 4.61. The molecular weight excluding hydrogens is 598 g/mol. The van der Waals surface area contributed by atoms with Crippen molar-refractivity contribution >= 4 is 17.9 Å². The molecule has 0 amide bonds. The highest BCUT2D eigenvalue weighted by molar-refractivity contribution is 5.70. The molecular formula is C38H69NO8. The highest BCUT2D eigenvalue weighted by Gasteiger charge is 2.21. The Morgan fingerprint density at radius 1 is 0.617 bits per heavy atom. The monoisotopic (exact) mass is 668 g/mol. The van der Waals surface area contributed by atoms with Crippen LogP contribution in [0.5, 0.6) is 0 Å². The van der Waals surface area contributed by atoms with E-state index < -0.39 is 24.3 Å². The van der Waals surface area contributed by atoms with Gasteiger partial charge in [0.1, 0.15) is 13.2 Å². The van der Waals surface area contributed by atoms with Crippen LogP contribution in [-0.4, -0.2) is 82.3 Å². The molecule has 0 saturated carbocycles. The number of likely N-dealkylation sites (N-methyl/N-ethyl adjacent to an activating group) is 1. The van der Waals surface area contributed by atoms with Crippen LogP contribution in [0.3, 0.4) is 0 Å². The predicted molar refractivity (Wildman–Crippen MR) is 186 cm³/mol. The number of hydrogen-bond acceptors (Lipinski definition) is 8. The number of ether oxygens (including phenoxy) is 4. The van der Waals surface area contributed by atoms with Crippen molar-refractivity contribution in [1.82, 2.24) is 0 Å². The van der Waals surface area contributed by atoms with E-state index >= 15 is 0 Å². The van der Waals surface area contributed by atoms with Crippen molar-refractivity contribution in [2.45, 2.75) is 155 Å². The Morgan fingerprint density at radius 3 is 1.57 bits per heavy atom. The van der Waals surface area contributed by atoms with Crippen LogP contribution in [0, 0.1) is 0 Å². The van der Waals surface area contributed by atoms with Crippen LogP contribution in [0.4, 0.5) is 0 Å². The summed E-state index contributed by atoms with van der Waals surface area (Å²) in [4.78, 5) is 36.6. The molecule has 0 aliphatic heterocycles. The van der Waals surface area contributed by atoms with Crippen molar-refractivity contribution in [3.05, 3.63) is 24.3 Å². The van der Waals surface area contributed by atoms with E-state index in [1.165, 1.54) is 25.7 Å². The largest absolute Gasteiger partial charge is 0.545 e. The highest BCUT2D eigenvalue weighted by atomic mass is 16.7. The lowest BCUT2D eigenvalue weighted by atomic mass is 10.1. The van der Waals surface area contributed by atoms with Crippen LogP contribution in [0.2, 0.25) is 0 Å². The molecule has 0 aliphatic rings. The molecule has 274 valence electrons. The minimum Gasteiger partial charge on any atom is -0.545 e. The van der Waals surface area contributed by atoms with Gasteiger partial charge in [-0.25, -0.2) is 0 Å². The molecule has 0 saturated heterocycles. The van der Waals surface area contributed by atoms with Crippen LogP contribution < -0.4 is 5.11 Å². The summed E-state index contributed by atoms with van der Waals surface area (Å²) < 4.78 is 22.4. The van der Waals surface area contributed by atoms with Crippen LogP contribution in [0.15, 0.2) is 24.3 Å². The van der Waals surface area contributed by atoms with E-state index in [2.05, 4.69) is 38.2 Å². The summed E-state index contributed by atoms with van der Waals surface area (Å²) in [5, 5.41) is 11.6. The molecule has 0 heterocycles. The summed E-state index contributed by atoms with van der Waals surface area (Å²) in [5.74, 6) is -2.32. The molecule has 2 unspecified atom stereocenters. The van der Waals surface area contributed by atoms with Gasteiger partial charge in [0, 0.05) is 12.8 Å². The first-order chi connectivity index (χ1) is 22.6. The first-order valence-electron chi connectivity index (χ1n) is 18.5. The standard InChI is InChI=1S/C38H69NO8/c1-6-8-10-12-14-16-18-20-22-24-26-28-35(40)45-32-34(33-46-38(37(42)43)44-31-30-39(3,4)5)47-36(41)29-27-25-23-21-19-17-15-13-11-9-7-2/h12-15,34,38H,6-11,16-33H2,1-5H3/b14-12-,15-13-. The summed E-state index contributed by atoms with van der Waals surface area (Å²) in [6, 6.07) is 0. The molecule has 0 fully saturated rings. The summed E-state index contributed by atoms with van der Waals surface area (Å²) in [6.07, 6.45) is 26.4. The molecule has 0 spiro atoms. The van der Waals surface area contributed by atoms with E-state index in [-0.39, 0.29) is 38.6 Å². The second-order valence-electron chi connectivity index (χ2n) is 13.5. The molecule has 2 atom stereocenters. The Labute approximate surface area is 287 Å². The van der Waals surface area contributed by atoms with Gasteiger partial charge in [0.2, 0.25) is 0 Å². The van der Waals surface area contributed by atoms with Gasteiger partial charge in [-0.1, -0.05) is 102 Å². The van der Waals surface area contributed by atoms with Crippen molar-refractivity contribution in [2.75, 3.05) is 47.5 Å². The van der Waals surface area contributed by atoms with E-state index in [1.54, 1.807) is 0 Å². The zero-order valence-corrected chi connectivity index (χ0v) is 30.6. The average molecular weight is 668 g/mol. The van der Waals surface area contributed by atoms with Crippen molar-refractivity contribution < 1.29 is 42.9 Å². The first-order valence-corrected chi connectivity index (χ1v) is 18.5. The SMILES string of the molecule is CCCC/C=C\CCCCCCCC(=O)OCC(COC(OCC[N+](C)(C)C)C(=O)[O-])OC(=O)CCCCCCC/C=C\CCCC. The number of allylic oxidation sites excluding steroid dienone is 4. The number of carboxylic acid groups (broad SMARTS) is 1. The van der Waals surface area contributed by atoms with Gasteiger partial charge in [-0.05, 0) is 51.4 Å². The third-order valence-corrected chi connectivity index (χ3v) is 7.67. The fraction of sp³-hybridized carbons (Fsp3) is 0.816. The number of esters is 2. The summed E-state index contributed by atoms with van der Waals surface area (Å²) in [7, 11) is 5.88. The van der Waals surface area contributed by atoms with Crippen molar-refractivity contribution in [1.29, 1.82) is 0 Å². The molecule has 0 aromatic carbocycles. The Balaban J connectivity index is 4.60. The average Bonchev–Trinajstić information content (AvgIpc) is 3.02. The van der Waals surface area contributed by atoms with Gasteiger partial charge in [-0.3, -0.25) is 9.59 Å². The number of unbranched alkanes of at least 4 members (excludes halogenated alkanes) is 14. The highest BCUT2D eigenvalue weighted by Crippen LogP contribution is 2.12. The van der Waals surface area contributed by atoms with Crippen LogP contribution >= 0.6 is 0 Å². The van der Waals surface area contributed by atoms with Gasteiger partial charge < -0.3 is 33.3 Å². The minimum atomic E-state index is -1.62. The molecule has 0 aromatic rings. The maximum Gasteiger partial charge on any atom is 0.306 e. The summed E-state index contributed by atoms with van der Waals surface area (Å²) in [5.41, 5.74) is 0. The smallest absolute Gasteiger partial charge is 0.306 e. The molecule has 0 aliphatic carbocycles. The van der Waals surface area contributed by atoms with Crippen molar-refractivity contribution in [2.24, 2.45) is 0 Å². The maximum atomic E-state index is 12.6. The van der Waals surface area contributed by atoms with Crippen LogP contribution in [0.1, 0.15) is 142 Å². The zero-order chi connectivity index (χ0) is 35.0. The molecule has 47 heavy (non-hydrogen) atoms. The lowest BCUT2D eigenvalue weighted by molar-refractivity contribution is -0.870. The van der Waals surface area contributed by atoms with Crippen LogP contribution in [0.25, 0.3) is 0 Å². The van der Waals surface area contributed by atoms with Gasteiger partial charge in [0.05, 0.1) is 40.3 Å². The van der Waals surface area contributed by atoms with Gasteiger partial charge in [0.15, 0.2) is 12.4 Å². The first kappa shape index (κ1) is 44.8. The van der Waals surface area contributed by atoms with Crippen molar-refractivity contribution in [3.8, 4) is 0 Å². The molecule has 0 N–H and O–H groups in total. The predicted octanol–water partition coefficient (Wildman–Crippen LogP) is 7.21. The topological polar surface area (TPSA) is 111 Å². The molecule has 9 nitrogen and oxygen atoms in total. The number of carboxylic acids is 1. The Morgan fingerprint density at radius 2 is 1.09 bits per heavy atom. The molecule has 0 rings (SSSR count). The maximum absolute atomic E-state index is 12.6. The number of carbonyl (C=O) groups excluding carboxylic acids is 3. The number of quaternary nitrogens is 1. The second kappa shape index (κ2) is 31.1. The van der Waals surface area contributed by atoms with E-state index in [0.29, 0.717) is 17.4 Å². The normalized spacial score (nSPS) is 13.3. The number of carbonyl (C=O) groups is 3. The number of hydrogen-bond donors (Lipinski definition) is 0. The van der Waals surface area contributed by atoms with Crippen molar-refractivity contribution in [3.63, 3.8) is 0 Å². The quantitative estimate of drug-likeness (QED) is 0.0237. The Kier molecular flexibility index (Phi) is 29.6. The fourth-order valence-corrected chi connectivity index (χ4v) is 4.67. The molecule has 0 aromatic heterocycles. The van der Waals surface area contributed by atoms with E-state index in [4.69, 9.17) is 18.9 Å².